The molecule has 1 N–H and O–H groups in total. The van der Waals surface area contributed by atoms with E-state index in [-0.39, 0.29) is 0 Å². The van der Waals surface area contributed by atoms with Gasteiger partial charge in [-0.05, 0) is 42.9 Å². The Balaban J connectivity index is 1.92. The molecule has 0 aliphatic heterocycles. The number of anilines is 1. The van der Waals surface area contributed by atoms with Crippen molar-refractivity contribution in [1.29, 1.82) is 5.26 Å². The maximum absolute atomic E-state index is 8.79. The van der Waals surface area contributed by atoms with Crippen LogP contribution in [0.3, 0.4) is 0 Å². The molecule has 1 fully saturated rings. The van der Waals surface area contributed by atoms with Crippen LogP contribution in [0, 0.1) is 23.2 Å². The molecule has 2 rings (SSSR count). The van der Waals surface area contributed by atoms with E-state index in [0.29, 0.717) is 10.6 Å². The summed E-state index contributed by atoms with van der Waals surface area (Å²) in [5, 5.41) is 12.8. The normalized spacial score (nSPS) is 23.4. The SMILES string of the molecule is CC1CCCC(CNc2ccc(C#N)cc2Cl)C1. The summed E-state index contributed by atoms with van der Waals surface area (Å²) in [5.41, 5.74) is 1.55. The van der Waals surface area contributed by atoms with Crippen molar-refractivity contribution in [3.05, 3.63) is 28.8 Å². The van der Waals surface area contributed by atoms with Crippen molar-refractivity contribution in [3.63, 3.8) is 0 Å². The van der Waals surface area contributed by atoms with Crippen LogP contribution in [0.1, 0.15) is 38.2 Å². The summed E-state index contributed by atoms with van der Waals surface area (Å²) in [5.74, 6) is 1.60. The molecule has 96 valence electrons. The van der Waals surface area contributed by atoms with E-state index in [1.54, 1.807) is 12.1 Å². The van der Waals surface area contributed by atoms with E-state index in [2.05, 4.69) is 18.3 Å². The molecule has 18 heavy (non-hydrogen) atoms. The molecule has 0 bridgehead atoms. The van der Waals surface area contributed by atoms with E-state index in [0.717, 1.165) is 24.1 Å². The molecule has 2 nitrogen and oxygen atoms in total. The van der Waals surface area contributed by atoms with E-state index in [1.165, 1.54) is 25.7 Å². The molecule has 0 spiro atoms. The van der Waals surface area contributed by atoms with Crippen LogP contribution < -0.4 is 5.32 Å². The Labute approximate surface area is 114 Å². The van der Waals surface area contributed by atoms with E-state index in [1.807, 2.05) is 6.07 Å². The Bertz CT molecular complexity index is 450. The smallest absolute Gasteiger partial charge is 0.0992 e. The minimum atomic E-state index is 0.608. The molecule has 0 aromatic heterocycles. The molecular weight excluding hydrogens is 244 g/mol. The first kappa shape index (κ1) is 13.2. The molecule has 1 aromatic rings. The Kier molecular flexibility index (Phi) is 4.49. The Morgan fingerprint density at radius 1 is 1.44 bits per heavy atom. The second-order valence-corrected chi connectivity index (χ2v) is 5.73. The molecule has 1 aliphatic rings. The van der Waals surface area contributed by atoms with Crippen LogP contribution in [0.25, 0.3) is 0 Å². The number of nitriles is 1. The van der Waals surface area contributed by atoms with Gasteiger partial charge in [-0.1, -0.05) is 31.4 Å². The van der Waals surface area contributed by atoms with E-state index in [9.17, 15) is 0 Å². The van der Waals surface area contributed by atoms with Gasteiger partial charge < -0.3 is 5.32 Å². The number of nitrogens with one attached hydrogen (secondary N) is 1. The van der Waals surface area contributed by atoms with Crippen LogP contribution >= 0.6 is 11.6 Å². The second kappa shape index (κ2) is 6.11. The fourth-order valence-corrected chi connectivity index (χ4v) is 2.97. The predicted molar refractivity (Wildman–Crippen MR) is 75.8 cm³/mol. The fourth-order valence-electron chi connectivity index (χ4n) is 2.73. The highest BCUT2D eigenvalue weighted by molar-refractivity contribution is 6.33. The quantitative estimate of drug-likeness (QED) is 0.874. The highest BCUT2D eigenvalue weighted by atomic mass is 35.5. The summed E-state index contributed by atoms with van der Waals surface area (Å²) in [6, 6.07) is 7.51. The fraction of sp³-hybridized carbons (Fsp3) is 0.533. The summed E-state index contributed by atoms with van der Waals surface area (Å²) >= 11 is 6.14. The number of nitrogens with zero attached hydrogens (tertiary/aromatic N) is 1. The number of benzene rings is 1. The average Bonchev–Trinajstić information content (AvgIpc) is 2.37. The number of rotatable bonds is 3. The molecule has 1 saturated carbocycles. The first-order chi connectivity index (χ1) is 8.69. The Morgan fingerprint density at radius 2 is 2.28 bits per heavy atom. The summed E-state index contributed by atoms with van der Waals surface area (Å²) in [6.07, 6.45) is 5.33. The lowest BCUT2D eigenvalue weighted by molar-refractivity contribution is 0.293. The van der Waals surface area contributed by atoms with Gasteiger partial charge in [0.15, 0.2) is 0 Å². The maximum atomic E-state index is 8.79. The van der Waals surface area contributed by atoms with Gasteiger partial charge in [-0.15, -0.1) is 0 Å². The lowest BCUT2D eigenvalue weighted by Crippen LogP contribution is -2.21. The van der Waals surface area contributed by atoms with Crippen LogP contribution in [-0.4, -0.2) is 6.54 Å². The number of hydrogen-bond acceptors (Lipinski definition) is 2. The summed E-state index contributed by atoms with van der Waals surface area (Å²) in [7, 11) is 0. The van der Waals surface area contributed by atoms with Gasteiger partial charge in [0.2, 0.25) is 0 Å². The summed E-state index contributed by atoms with van der Waals surface area (Å²) in [4.78, 5) is 0. The van der Waals surface area contributed by atoms with Crippen molar-refractivity contribution < 1.29 is 0 Å². The highest BCUT2D eigenvalue weighted by Crippen LogP contribution is 2.30. The van der Waals surface area contributed by atoms with Crippen molar-refractivity contribution in [2.75, 3.05) is 11.9 Å². The van der Waals surface area contributed by atoms with Crippen LogP contribution in [-0.2, 0) is 0 Å². The first-order valence-electron chi connectivity index (χ1n) is 6.62. The van der Waals surface area contributed by atoms with Crippen molar-refractivity contribution >= 4 is 17.3 Å². The third kappa shape index (κ3) is 3.40. The Morgan fingerprint density at radius 3 is 2.94 bits per heavy atom. The minimum absolute atomic E-state index is 0.608. The van der Waals surface area contributed by atoms with Crippen LogP contribution in [0.5, 0.6) is 0 Å². The molecule has 1 aliphatic carbocycles. The zero-order valence-corrected chi connectivity index (χ0v) is 11.5. The maximum Gasteiger partial charge on any atom is 0.0992 e. The predicted octanol–water partition coefficient (Wildman–Crippen LogP) is 4.45. The van der Waals surface area contributed by atoms with Gasteiger partial charge in [0.05, 0.1) is 22.3 Å². The van der Waals surface area contributed by atoms with Crippen LogP contribution in [0.4, 0.5) is 5.69 Å². The molecule has 0 heterocycles. The average molecular weight is 263 g/mol. The monoisotopic (exact) mass is 262 g/mol. The largest absolute Gasteiger partial charge is 0.384 e. The van der Waals surface area contributed by atoms with Crippen molar-refractivity contribution in [1.82, 2.24) is 0 Å². The highest BCUT2D eigenvalue weighted by Gasteiger charge is 2.18. The van der Waals surface area contributed by atoms with E-state index in [4.69, 9.17) is 16.9 Å². The molecule has 0 radical (unpaired) electrons. The van der Waals surface area contributed by atoms with E-state index >= 15 is 0 Å². The molecule has 3 heteroatoms. The summed E-state index contributed by atoms with van der Waals surface area (Å²) < 4.78 is 0. The molecule has 2 atom stereocenters. The van der Waals surface area contributed by atoms with Gasteiger partial charge in [-0.25, -0.2) is 0 Å². The molecule has 0 saturated heterocycles. The van der Waals surface area contributed by atoms with Gasteiger partial charge in [0, 0.05) is 6.54 Å². The molecule has 0 amide bonds. The zero-order chi connectivity index (χ0) is 13.0. The van der Waals surface area contributed by atoms with Gasteiger partial charge in [0.25, 0.3) is 0 Å². The van der Waals surface area contributed by atoms with Crippen molar-refractivity contribution in [3.8, 4) is 6.07 Å². The third-order valence-corrected chi connectivity index (χ3v) is 4.04. The molecule has 2 unspecified atom stereocenters. The van der Waals surface area contributed by atoms with Crippen molar-refractivity contribution in [2.24, 2.45) is 11.8 Å². The first-order valence-corrected chi connectivity index (χ1v) is 7.00. The molecule has 1 aromatic carbocycles. The van der Waals surface area contributed by atoms with Gasteiger partial charge in [-0.2, -0.15) is 5.26 Å². The number of hydrogen-bond donors (Lipinski definition) is 1. The lowest BCUT2D eigenvalue weighted by atomic mass is 9.82. The number of halogens is 1. The van der Waals surface area contributed by atoms with E-state index < -0.39 is 0 Å². The van der Waals surface area contributed by atoms with Crippen molar-refractivity contribution in [2.45, 2.75) is 32.6 Å². The summed E-state index contributed by atoms with van der Waals surface area (Å²) in [6.45, 7) is 3.32. The molecular formula is C15H19ClN2. The zero-order valence-electron chi connectivity index (χ0n) is 10.7. The van der Waals surface area contributed by atoms with Gasteiger partial charge >= 0.3 is 0 Å². The lowest BCUT2D eigenvalue weighted by Gasteiger charge is -2.27. The standard InChI is InChI=1S/C15H19ClN2/c1-11-3-2-4-13(7-11)10-18-15-6-5-12(9-17)8-14(15)16/h5-6,8,11,13,18H,2-4,7,10H2,1H3. The Hall–Kier alpha value is -1.20. The second-order valence-electron chi connectivity index (χ2n) is 5.33. The third-order valence-electron chi connectivity index (χ3n) is 3.72. The topological polar surface area (TPSA) is 35.8 Å². The van der Waals surface area contributed by atoms with Crippen LogP contribution in [0.2, 0.25) is 5.02 Å². The minimum Gasteiger partial charge on any atom is -0.384 e. The van der Waals surface area contributed by atoms with Gasteiger partial charge in [0.1, 0.15) is 0 Å². The van der Waals surface area contributed by atoms with Gasteiger partial charge in [-0.3, -0.25) is 0 Å². The van der Waals surface area contributed by atoms with Crippen LogP contribution in [0.15, 0.2) is 18.2 Å².